The van der Waals surface area contributed by atoms with Gasteiger partial charge in [0.25, 0.3) is 0 Å². The topological polar surface area (TPSA) is 76.8 Å². The summed E-state index contributed by atoms with van der Waals surface area (Å²) in [5.74, 6) is 0. The highest BCUT2D eigenvalue weighted by atomic mass is 35.5. The number of aliphatic hydroxyl groups is 3. The second kappa shape index (κ2) is 9.26. The minimum absolute atomic E-state index is 0.0279. The molecule has 0 spiro atoms. The van der Waals surface area contributed by atoms with Gasteiger partial charge in [0, 0.05) is 35.6 Å². The van der Waals surface area contributed by atoms with Crippen molar-refractivity contribution >= 4 is 22.5 Å². The van der Waals surface area contributed by atoms with Gasteiger partial charge < -0.3 is 15.3 Å². The Morgan fingerprint density at radius 1 is 0.963 bits per heavy atom. The quantitative estimate of drug-likeness (QED) is 0.555. The molecule has 1 unspecified atom stereocenters. The number of pyridine rings is 1. The number of fused-ring (bicyclic) bond motifs is 1. The van der Waals surface area contributed by atoms with Crippen molar-refractivity contribution in [1.29, 1.82) is 0 Å². The van der Waals surface area contributed by atoms with Gasteiger partial charge in [-0.3, -0.25) is 4.90 Å². The first-order valence-corrected chi connectivity index (χ1v) is 9.28. The van der Waals surface area contributed by atoms with E-state index in [9.17, 15) is 15.3 Å². The Kier molecular flexibility index (Phi) is 6.77. The molecule has 0 aliphatic heterocycles. The molecule has 0 aliphatic carbocycles. The minimum Gasteiger partial charge on any atom is -0.395 e. The molecule has 0 fully saturated rings. The molecular formula is C21H23ClN2O3. The van der Waals surface area contributed by atoms with Crippen molar-refractivity contribution in [2.45, 2.75) is 6.10 Å². The summed E-state index contributed by atoms with van der Waals surface area (Å²) in [5, 5.41) is 30.9. The van der Waals surface area contributed by atoms with E-state index in [4.69, 9.17) is 16.6 Å². The number of halogens is 1. The summed E-state index contributed by atoms with van der Waals surface area (Å²) in [7, 11) is 0. The lowest BCUT2D eigenvalue weighted by molar-refractivity contribution is 0.0882. The average Bonchev–Trinajstić information content (AvgIpc) is 2.68. The van der Waals surface area contributed by atoms with Crippen LogP contribution in [0.15, 0.2) is 54.6 Å². The Morgan fingerprint density at radius 3 is 2.30 bits per heavy atom. The largest absolute Gasteiger partial charge is 0.395 e. The van der Waals surface area contributed by atoms with Crippen LogP contribution >= 0.6 is 11.6 Å². The van der Waals surface area contributed by atoms with Crippen LogP contribution in [-0.2, 0) is 0 Å². The number of aromatic nitrogens is 1. The molecule has 2 aromatic carbocycles. The number of para-hydroxylation sites is 1. The highest BCUT2D eigenvalue weighted by molar-refractivity contribution is 6.30. The fraction of sp³-hybridized carbons (Fsp3) is 0.286. The first-order valence-electron chi connectivity index (χ1n) is 8.90. The number of aliphatic hydroxyl groups excluding tert-OH is 3. The summed E-state index contributed by atoms with van der Waals surface area (Å²) >= 11 is 5.99. The Hall–Kier alpha value is -2.02. The average molecular weight is 387 g/mol. The summed E-state index contributed by atoms with van der Waals surface area (Å²) in [6.45, 7) is 1.05. The fourth-order valence-corrected chi connectivity index (χ4v) is 3.29. The number of hydrogen-bond donors (Lipinski definition) is 3. The van der Waals surface area contributed by atoms with Crippen molar-refractivity contribution in [3.63, 3.8) is 0 Å². The third-order valence-electron chi connectivity index (χ3n) is 4.51. The van der Waals surface area contributed by atoms with Gasteiger partial charge in [-0.05, 0) is 29.8 Å². The van der Waals surface area contributed by atoms with Crippen LogP contribution in [-0.4, -0.2) is 58.1 Å². The zero-order valence-corrected chi connectivity index (χ0v) is 15.7. The fourth-order valence-electron chi connectivity index (χ4n) is 3.17. The van der Waals surface area contributed by atoms with E-state index in [-0.39, 0.29) is 13.2 Å². The van der Waals surface area contributed by atoms with E-state index >= 15 is 0 Å². The molecule has 3 rings (SSSR count). The highest BCUT2D eigenvalue weighted by Gasteiger charge is 2.17. The third kappa shape index (κ3) is 4.83. The van der Waals surface area contributed by atoms with Crippen LogP contribution in [0, 0.1) is 0 Å². The van der Waals surface area contributed by atoms with Gasteiger partial charge in [0.05, 0.1) is 30.5 Å². The molecule has 27 heavy (non-hydrogen) atoms. The standard InChI is InChI=1S/C21H23ClN2O3/c22-16-7-5-15(6-8-16)20-13-18(17-3-1-2-4-19(17)23-20)21(27)14-24(9-11-25)10-12-26/h1-8,13,21,25-27H,9-12,14H2. The monoisotopic (exact) mass is 386 g/mol. The molecule has 0 radical (unpaired) electrons. The van der Waals surface area contributed by atoms with Crippen molar-refractivity contribution < 1.29 is 15.3 Å². The van der Waals surface area contributed by atoms with E-state index in [1.807, 2.05) is 59.5 Å². The van der Waals surface area contributed by atoms with Crippen molar-refractivity contribution in [2.75, 3.05) is 32.8 Å². The van der Waals surface area contributed by atoms with Gasteiger partial charge >= 0.3 is 0 Å². The molecule has 5 nitrogen and oxygen atoms in total. The van der Waals surface area contributed by atoms with Gasteiger partial charge in [-0.1, -0.05) is 41.9 Å². The Labute approximate surface area is 163 Å². The van der Waals surface area contributed by atoms with Gasteiger partial charge in [0.15, 0.2) is 0 Å². The molecule has 3 N–H and O–H groups in total. The summed E-state index contributed by atoms with van der Waals surface area (Å²) in [5.41, 5.74) is 3.25. The number of hydrogen-bond acceptors (Lipinski definition) is 5. The van der Waals surface area contributed by atoms with Crippen molar-refractivity contribution in [2.24, 2.45) is 0 Å². The molecule has 0 saturated heterocycles. The molecule has 1 atom stereocenters. The Morgan fingerprint density at radius 2 is 1.63 bits per heavy atom. The Bertz CT molecular complexity index is 880. The molecule has 0 bridgehead atoms. The van der Waals surface area contributed by atoms with Gasteiger partial charge in [-0.25, -0.2) is 4.98 Å². The molecular weight excluding hydrogens is 364 g/mol. The maximum atomic E-state index is 10.9. The zero-order chi connectivity index (χ0) is 19.2. The molecule has 3 aromatic rings. The van der Waals surface area contributed by atoms with E-state index < -0.39 is 6.10 Å². The normalized spacial score (nSPS) is 12.6. The van der Waals surface area contributed by atoms with Crippen molar-refractivity contribution in [1.82, 2.24) is 9.88 Å². The van der Waals surface area contributed by atoms with E-state index in [0.29, 0.717) is 24.7 Å². The number of benzene rings is 2. The highest BCUT2D eigenvalue weighted by Crippen LogP contribution is 2.29. The lowest BCUT2D eigenvalue weighted by atomic mass is 10.00. The molecule has 6 heteroatoms. The van der Waals surface area contributed by atoms with Crippen LogP contribution < -0.4 is 0 Å². The second-order valence-corrected chi connectivity index (χ2v) is 6.82. The maximum absolute atomic E-state index is 10.9. The molecule has 0 aliphatic rings. The van der Waals surface area contributed by atoms with Crippen LogP contribution in [0.1, 0.15) is 11.7 Å². The maximum Gasteiger partial charge on any atom is 0.0924 e. The Balaban J connectivity index is 2.01. The second-order valence-electron chi connectivity index (χ2n) is 6.38. The smallest absolute Gasteiger partial charge is 0.0924 e. The molecule has 142 valence electrons. The summed E-state index contributed by atoms with van der Waals surface area (Å²) < 4.78 is 0. The lowest BCUT2D eigenvalue weighted by Crippen LogP contribution is -2.33. The van der Waals surface area contributed by atoms with Gasteiger partial charge in [-0.15, -0.1) is 0 Å². The minimum atomic E-state index is -0.776. The third-order valence-corrected chi connectivity index (χ3v) is 4.76. The van der Waals surface area contributed by atoms with Crippen LogP contribution in [0.3, 0.4) is 0 Å². The van der Waals surface area contributed by atoms with Crippen molar-refractivity contribution in [3.8, 4) is 11.3 Å². The molecule has 0 saturated carbocycles. The summed E-state index contributed by atoms with van der Waals surface area (Å²) in [4.78, 5) is 6.56. The summed E-state index contributed by atoms with van der Waals surface area (Å²) in [6.07, 6.45) is -0.776. The van der Waals surface area contributed by atoms with E-state index in [0.717, 1.165) is 27.7 Å². The van der Waals surface area contributed by atoms with Gasteiger partial charge in [0.2, 0.25) is 0 Å². The van der Waals surface area contributed by atoms with Crippen LogP contribution in [0.4, 0.5) is 0 Å². The van der Waals surface area contributed by atoms with E-state index in [1.54, 1.807) is 0 Å². The van der Waals surface area contributed by atoms with E-state index in [1.165, 1.54) is 0 Å². The SMILES string of the molecule is OCCN(CCO)CC(O)c1cc(-c2ccc(Cl)cc2)nc2ccccc12. The van der Waals surface area contributed by atoms with Crippen LogP contribution in [0.5, 0.6) is 0 Å². The van der Waals surface area contributed by atoms with Crippen LogP contribution in [0.25, 0.3) is 22.2 Å². The molecule has 1 aromatic heterocycles. The predicted molar refractivity (Wildman–Crippen MR) is 108 cm³/mol. The molecule has 0 amide bonds. The lowest BCUT2D eigenvalue weighted by Gasteiger charge is -2.24. The van der Waals surface area contributed by atoms with E-state index in [2.05, 4.69) is 0 Å². The van der Waals surface area contributed by atoms with Gasteiger partial charge in [0.1, 0.15) is 0 Å². The summed E-state index contributed by atoms with van der Waals surface area (Å²) in [6, 6.07) is 17.0. The molecule has 1 heterocycles. The van der Waals surface area contributed by atoms with Crippen LogP contribution in [0.2, 0.25) is 5.02 Å². The first kappa shape index (κ1) is 19.7. The predicted octanol–water partition coefficient (Wildman–Crippen LogP) is 2.88. The zero-order valence-electron chi connectivity index (χ0n) is 14.9. The van der Waals surface area contributed by atoms with Crippen molar-refractivity contribution in [3.05, 3.63) is 65.2 Å². The van der Waals surface area contributed by atoms with Gasteiger partial charge in [-0.2, -0.15) is 0 Å². The first-order chi connectivity index (χ1) is 13.1. The number of rotatable bonds is 8. The number of nitrogens with zero attached hydrogens (tertiary/aromatic N) is 2.